The number of hydrogen-bond donors (Lipinski definition) is 0. The van der Waals surface area contributed by atoms with Crippen LogP contribution in [0.4, 0.5) is 0 Å². The summed E-state index contributed by atoms with van der Waals surface area (Å²) in [6, 6.07) is 15.7. The van der Waals surface area contributed by atoms with Crippen LogP contribution in [0.3, 0.4) is 0 Å². The molecule has 3 aromatic heterocycles. The van der Waals surface area contributed by atoms with Crippen LogP contribution in [0.2, 0.25) is 15.1 Å². The third-order valence-corrected chi connectivity index (χ3v) is 6.33. The molecule has 0 amide bonds. The summed E-state index contributed by atoms with van der Waals surface area (Å²) in [4.78, 5) is 14.2. The Balaban J connectivity index is 1.81. The van der Waals surface area contributed by atoms with Crippen molar-refractivity contribution in [2.45, 2.75) is 0 Å². The van der Waals surface area contributed by atoms with Gasteiger partial charge in [-0.1, -0.05) is 59.1 Å². The smallest absolute Gasteiger partial charge is 0.161 e. The van der Waals surface area contributed by atoms with E-state index in [9.17, 15) is 0 Å². The van der Waals surface area contributed by atoms with Gasteiger partial charge in [-0.15, -0.1) is 0 Å². The molecule has 8 heteroatoms. The van der Waals surface area contributed by atoms with Crippen LogP contribution in [0.5, 0.6) is 0 Å². The quantitative estimate of drug-likeness (QED) is 0.329. The zero-order valence-electron chi connectivity index (χ0n) is 15.5. The van der Waals surface area contributed by atoms with Crippen LogP contribution in [-0.4, -0.2) is 24.1 Å². The normalized spacial score (nSPS) is 11.6. The zero-order chi connectivity index (χ0) is 20.3. The molecule has 0 aliphatic heterocycles. The Morgan fingerprint density at radius 2 is 1.00 bits per heavy atom. The molecule has 0 atom stereocenters. The molecule has 0 spiro atoms. The second-order valence-electron chi connectivity index (χ2n) is 6.72. The second kappa shape index (κ2) is 6.73. The molecule has 3 heterocycles. The molecule has 5 rings (SSSR count). The summed E-state index contributed by atoms with van der Waals surface area (Å²) in [7, 11) is 3.83. The highest BCUT2D eigenvalue weighted by Crippen LogP contribution is 2.42. The molecular formula is C21H14Cl3N5. The summed E-state index contributed by atoms with van der Waals surface area (Å²) in [6.45, 7) is 0. The van der Waals surface area contributed by atoms with Crippen molar-refractivity contribution < 1.29 is 0 Å². The lowest BCUT2D eigenvalue weighted by atomic mass is 10.2. The van der Waals surface area contributed by atoms with Gasteiger partial charge in [0.2, 0.25) is 0 Å². The maximum absolute atomic E-state index is 6.55. The fraction of sp³-hybridized carbons (Fsp3) is 0.0952. The minimum Gasteiger partial charge on any atom is -0.326 e. The third kappa shape index (κ3) is 2.73. The maximum atomic E-state index is 6.55. The molecule has 2 aromatic carbocycles. The van der Waals surface area contributed by atoms with E-state index in [0.29, 0.717) is 23.0 Å². The summed E-state index contributed by atoms with van der Waals surface area (Å²) in [6.07, 6.45) is 0. The van der Waals surface area contributed by atoms with Crippen molar-refractivity contribution >= 4 is 56.9 Å². The number of nitrogens with zero attached hydrogens (tertiary/aromatic N) is 5. The number of benzene rings is 2. The van der Waals surface area contributed by atoms with E-state index >= 15 is 0 Å². The van der Waals surface area contributed by atoms with Crippen LogP contribution in [0.1, 0.15) is 0 Å². The summed E-state index contributed by atoms with van der Waals surface area (Å²) in [5, 5.41) is 0.752. The Kier molecular flexibility index (Phi) is 4.28. The molecule has 0 N–H and O–H groups in total. The largest absolute Gasteiger partial charge is 0.326 e. The van der Waals surface area contributed by atoms with Crippen LogP contribution < -0.4 is 0 Å². The molecule has 0 aliphatic rings. The minimum atomic E-state index is 0.229. The fourth-order valence-corrected chi connectivity index (χ4v) is 4.20. The molecule has 0 fully saturated rings. The number of aryl methyl sites for hydroxylation is 2. The molecule has 0 aliphatic carbocycles. The number of rotatable bonds is 2. The number of imidazole rings is 2. The van der Waals surface area contributed by atoms with E-state index < -0.39 is 0 Å². The van der Waals surface area contributed by atoms with Gasteiger partial charge in [0.05, 0.1) is 37.1 Å². The highest BCUT2D eigenvalue weighted by molar-refractivity contribution is 6.49. The lowest BCUT2D eigenvalue weighted by molar-refractivity contribution is 0.938. The second-order valence-corrected chi connectivity index (χ2v) is 7.85. The molecule has 0 bridgehead atoms. The first-order valence-corrected chi connectivity index (χ1v) is 9.99. The van der Waals surface area contributed by atoms with Crippen molar-refractivity contribution in [3.63, 3.8) is 0 Å². The minimum absolute atomic E-state index is 0.229. The van der Waals surface area contributed by atoms with Crippen molar-refractivity contribution in [3.05, 3.63) is 63.6 Å². The van der Waals surface area contributed by atoms with Crippen molar-refractivity contribution in [1.29, 1.82) is 0 Å². The van der Waals surface area contributed by atoms with Gasteiger partial charge in [0, 0.05) is 14.1 Å². The Bertz CT molecular complexity index is 1310. The van der Waals surface area contributed by atoms with E-state index in [1.165, 1.54) is 0 Å². The molecule has 0 unspecified atom stereocenters. The fourth-order valence-electron chi connectivity index (χ4n) is 3.53. The van der Waals surface area contributed by atoms with Crippen molar-refractivity contribution in [3.8, 4) is 23.0 Å². The highest BCUT2D eigenvalue weighted by atomic mass is 35.5. The Morgan fingerprint density at radius 3 is 1.41 bits per heavy atom. The number of halogens is 3. The third-order valence-electron chi connectivity index (χ3n) is 5.02. The summed E-state index contributed by atoms with van der Waals surface area (Å²) < 4.78 is 3.87. The van der Waals surface area contributed by atoms with Gasteiger partial charge in [0.15, 0.2) is 11.6 Å². The van der Waals surface area contributed by atoms with Crippen molar-refractivity contribution in [1.82, 2.24) is 24.1 Å². The molecule has 5 nitrogen and oxygen atoms in total. The number of fused-ring (bicyclic) bond motifs is 2. The first-order chi connectivity index (χ1) is 14.0. The number of aromatic nitrogens is 5. The number of para-hydroxylation sites is 4. The average molecular weight is 443 g/mol. The average Bonchev–Trinajstić information content (AvgIpc) is 3.24. The van der Waals surface area contributed by atoms with Gasteiger partial charge >= 0.3 is 0 Å². The van der Waals surface area contributed by atoms with Gasteiger partial charge < -0.3 is 9.13 Å². The van der Waals surface area contributed by atoms with Crippen molar-refractivity contribution in [2.24, 2.45) is 14.1 Å². The molecule has 0 saturated heterocycles. The molecule has 144 valence electrons. The molecule has 29 heavy (non-hydrogen) atoms. The van der Waals surface area contributed by atoms with E-state index in [1.807, 2.05) is 71.8 Å². The van der Waals surface area contributed by atoms with Crippen LogP contribution in [0, 0.1) is 0 Å². The predicted octanol–water partition coefficient (Wildman–Crippen LogP) is 6.15. The standard InChI is InChI=1S/C21H14Cl3N5/c1-28-13-9-5-3-7-11(13)25-20(28)18-16(23)15(22)17(24)19(27-18)21-26-12-8-4-6-10-14(12)29(21)2/h3-10H,1-2H3. The van der Waals surface area contributed by atoms with E-state index in [4.69, 9.17) is 49.8 Å². The predicted molar refractivity (Wildman–Crippen MR) is 119 cm³/mol. The molecule has 5 aromatic rings. The van der Waals surface area contributed by atoms with Gasteiger partial charge in [0.1, 0.15) is 11.4 Å². The van der Waals surface area contributed by atoms with E-state index in [-0.39, 0.29) is 15.1 Å². The van der Waals surface area contributed by atoms with Gasteiger partial charge in [-0.3, -0.25) is 0 Å². The Labute approximate surface area is 181 Å². The molecule has 0 radical (unpaired) electrons. The van der Waals surface area contributed by atoms with E-state index in [1.54, 1.807) is 0 Å². The Morgan fingerprint density at radius 1 is 0.586 bits per heavy atom. The first-order valence-electron chi connectivity index (χ1n) is 8.85. The van der Waals surface area contributed by atoms with Gasteiger partial charge in [-0.25, -0.2) is 15.0 Å². The molecular weight excluding hydrogens is 429 g/mol. The van der Waals surface area contributed by atoms with Gasteiger partial charge in [-0.2, -0.15) is 0 Å². The Hall–Kier alpha value is -2.60. The van der Waals surface area contributed by atoms with Gasteiger partial charge in [-0.05, 0) is 24.3 Å². The van der Waals surface area contributed by atoms with E-state index in [2.05, 4.69) is 0 Å². The highest BCUT2D eigenvalue weighted by Gasteiger charge is 2.24. The number of pyridine rings is 1. The summed E-state index contributed by atoms with van der Waals surface area (Å²) in [5.74, 6) is 1.21. The van der Waals surface area contributed by atoms with Crippen LogP contribution in [0.15, 0.2) is 48.5 Å². The first kappa shape index (κ1) is 18.4. The van der Waals surface area contributed by atoms with Crippen LogP contribution in [0.25, 0.3) is 45.1 Å². The monoisotopic (exact) mass is 441 g/mol. The number of hydrogen-bond acceptors (Lipinski definition) is 3. The van der Waals surface area contributed by atoms with Gasteiger partial charge in [0.25, 0.3) is 0 Å². The SMILES string of the molecule is Cn1c(-c2nc(-c3nc4ccccc4n3C)c(Cl)c(Cl)c2Cl)nc2ccccc21. The van der Waals surface area contributed by atoms with Crippen LogP contribution in [-0.2, 0) is 14.1 Å². The summed E-state index contributed by atoms with van der Waals surface area (Å²) >= 11 is 19.6. The van der Waals surface area contributed by atoms with Crippen molar-refractivity contribution in [2.75, 3.05) is 0 Å². The lowest BCUT2D eigenvalue weighted by Gasteiger charge is -2.11. The topological polar surface area (TPSA) is 48.5 Å². The molecule has 0 saturated carbocycles. The van der Waals surface area contributed by atoms with Crippen LogP contribution >= 0.6 is 34.8 Å². The summed E-state index contributed by atoms with van der Waals surface area (Å²) in [5.41, 5.74) is 4.55. The van der Waals surface area contributed by atoms with E-state index in [0.717, 1.165) is 22.1 Å². The zero-order valence-corrected chi connectivity index (χ0v) is 17.8. The lowest BCUT2D eigenvalue weighted by Crippen LogP contribution is -2.01. The maximum Gasteiger partial charge on any atom is 0.161 e.